The fourth-order valence-electron chi connectivity index (χ4n) is 2.59. The number of hydrogen-bond acceptors (Lipinski definition) is 6. The van der Waals surface area contributed by atoms with Gasteiger partial charge in [-0.25, -0.2) is 14.5 Å². The summed E-state index contributed by atoms with van der Waals surface area (Å²) in [5.41, 5.74) is 2.22. The number of ether oxygens (including phenoxy) is 1. The summed E-state index contributed by atoms with van der Waals surface area (Å²) in [4.78, 5) is 21.1. The molecule has 0 unspecified atom stereocenters. The first-order valence-electron chi connectivity index (χ1n) is 7.90. The van der Waals surface area contributed by atoms with Crippen LogP contribution >= 0.6 is 11.8 Å². The van der Waals surface area contributed by atoms with Gasteiger partial charge in [-0.05, 0) is 24.3 Å². The smallest absolute Gasteiger partial charge is 0.234 e. The predicted molar refractivity (Wildman–Crippen MR) is 101 cm³/mol. The molecule has 0 spiro atoms. The van der Waals surface area contributed by atoms with Crippen LogP contribution in [-0.4, -0.2) is 38.4 Å². The molecule has 4 rings (SSSR count). The highest BCUT2D eigenvalue weighted by atomic mass is 32.2. The minimum absolute atomic E-state index is 0.152. The molecule has 2 aromatic carbocycles. The lowest BCUT2D eigenvalue weighted by atomic mass is 10.2. The molecule has 26 heavy (non-hydrogen) atoms. The molecule has 0 fully saturated rings. The van der Waals surface area contributed by atoms with Gasteiger partial charge in [-0.2, -0.15) is 0 Å². The van der Waals surface area contributed by atoms with Crippen LogP contribution < -0.4 is 10.1 Å². The monoisotopic (exact) mass is 365 g/mol. The Labute approximate surface area is 153 Å². The lowest BCUT2D eigenvalue weighted by Crippen LogP contribution is -2.14. The number of nitrogens with one attached hydrogen (secondary N) is 1. The van der Waals surface area contributed by atoms with Crippen molar-refractivity contribution >= 4 is 39.9 Å². The van der Waals surface area contributed by atoms with E-state index in [1.54, 1.807) is 30.1 Å². The van der Waals surface area contributed by atoms with Crippen molar-refractivity contribution in [2.45, 2.75) is 5.16 Å². The second-order valence-electron chi connectivity index (χ2n) is 5.46. The Morgan fingerprint density at radius 2 is 2.00 bits per heavy atom. The Balaban J connectivity index is 1.49. The van der Waals surface area contributed by atoms with Crippen LogP contribution in [0.25, 0.3) is 16.6 Å². The maximum Gasteiger partial charge on any atom is 0.234 e. The van der Waals surface area contributed by atoms with Crippen molar-refractivity contribution < 1.29 is 9.53 Å². The molecule has 0 saturated carbocycles. The highest BCUT2D eigenvalue weighted by Gasteiger charge is 2.12. The van der Waals surface area contributed by atoms with Gasteiger partial charge in [0.05, 0.1) is 24.1 Å². The average Bonchev–Trinajstić information content (AvgIpc) is 3.10. The van der Waals surface area contributed by atoms with Crippen molar-refractivity contribution in [3.8, 4) is 5.75 Å². The normalized spacial score (nSPS) is 11.0. The highest BCUT2D eigenvalue weighted by Crippen LogP contribution is 2.24. The molecule has 8 heteroatoms. The Hall–Kier alpha value is -3.13. The van der Waals surface area contributed by atoms with E-state index in [9.17, 15) is 4.79 Å². The number of fused-ring (bicyclic) bond motifs is 3. The van der Waals surface area contributed by atoms with Crippen LogP contribution in [0, 0.1) is 0 Å². The van der Waals surface area contributed by atoms with E-state index in [4.69, 9.17) is 4.74 Å². The fraction of sp³-hybridized carbons (Fsp3) is 0.111. The maximum absolute atomic E-state index is 12.2. The number of thioether (sulfide) groups is 1. The molecule has 7 nitrogen and oxygen atoms in total. The molecular weight excluding hydrogens is 350 g/mol. The van der Waals surface area contributed by atoms with E-state index in [1.807, 2.05) is 36.4 Å². The highest BCUT2D eigenvalue weighted by molar-refractivity contribution is 7.99. The number of nitrogens with zero attached hydrogens (tertiary/aromatic N) is 4. The molecule has 4 aromatic rings. The Morgan fingerprint density at radius 3 is 2.88 bits per heavy atom. The molecule has 0 saturated heterocycles. The summed E-state index contributed by atoms with van der Waals surface area (Å²) in [5.74, 6) is 0.663. The average molecular weight is 365 g/mol. The number of benzene rings is 2. The van der Waals surface area contributed by atoms with Crippen LogP contribution in [-0.2, 0) is 4.79 Å². The summed E-state index contributed by atoms with van der Waals surface area (Å²) < 4.78 is 6.86. The Kier molecular flexibility index (Phi) is 4.40. The topological polar surface area (TPSA) is 81.4 Å². The van der Waals surface area contributed by atoms with Crippen molar-refractivity contribution in [1.82, 2.24) is 19.6 Å². The van der Waals surface area contributed by atoms with Crippen molar-refractivity contribution in [2.24, 2.45) is 0 Å². The summed E-state index contributed by atoms with van der Waals surface area (Å²) >= 11 is 1.27. The van der Waals surface area contributed by atoms with E-state index in [0.717, 1.165) is 16.6 Å². The van der Waals surface area contributed by atoms with Crippen LogP contribution in [0.4, 0.5) is 5.69 Å². The van der Waals surface area contributed by atoms with Crippen LogP contribution in [0.2, 0.25) is 0 Å². The largest absolute Gasteiger partial charge is 0.495 e. The van der Waals surface area contributed by atoms with Gasteiger partial charge < -0.3 is 10.1 Å². The van der Waals surface area contributed by atoms with Crippen molar-refractivity contribution in [3.63, 3.8) is 0 Å². The van der Waals surface area contributed by atoms with Crippen LogP contribution in [0.5, 0.6) is 5.75 Å². The molecular formula is C18H15N5O2S. The summed E-state index contributed by atoms with van der Waals surface area (Å²) in [6.07, 6.45) is 1.63. The van der Waals surface area contributed by atoms with E-state index < -0.39 is 0 Å². The minimum Gasteiger partial charge on any atom is -0.495 e. The number of carbonyl (C=O) groups excluding carboxylic acids is 1. The molecule has 0 aliphatic heterocycles. The van der Waals surface area contributed by atoms with Gasteiger partial charge >= 0.3 is 0 Å². The first-order chi connectivity index (χ1) is 12.7. The Bertz CT molecular complexity index is 1100. The van der Waals surface area contributed by atoms with Crippen molar-refractivity contribution in [1.29, 1.82) is 0 Å². The van der Waals surface area contributed by atoms with E-state index >= 15 is 0 Å². The summed E-state index contributed by atoms with van der Waals surface area (Å²) in [6, 6.07) is 15.0. The standard InChI is InChI=1S/C18H15N5O2S/c1-25-15-9-5-4-8-14(15)20-16(24)10-26-18-21-17-12-6-2-3-7-13(12)19-11-23(17)22-18/h2-9,11H,10H2,1H3,(H,20,24). The maximum atomic E-state index is 12.2. The van der Waals surface area contributed by atoms with Gasteiger partial charge in [-0.15, -0.1) is 5.10 Å². The van der Waals surface area contributed by atoms with Gasteiger partial charge in [0.15, 0.2) is 5.65 Å². The van der Waals surface area contributed by atoms with Gasteiger partial charge in [-0.1, -0.05) is 36.0 Å². The Morgan fingerprint density at radius 1 is 1.19 bits per heavy atom. The van der Waals surface area contributed by atoms with Gasteiger partial charge in [-0.3, -0.25) is 4.79 Å². The van der Waals surface area contributed by atoms with E-state index in [2.05, 4.69) is 20.4 Å². The summed E-state index contributed by atoms with van der Waals surface area (Å²) in [6.45, 7) is 0. The molecule has 0 radical (unpaired) electrons. The number of methoxy groups -OCH3 is 1. The zero-order chi connectivity index (χ0) is 17.9. The van der Waals surface area contributed by atoms with Crippen LogP contribution in [0.15, 0.2) is 60.0 Å². The molecule has 2 heterocycles. The van der Waals surface area contributed by atoms with E-state index in [1.165, 1.54) is 11.8 Å². The molecule has 1 amide bonds. The lowest BCUT2D eigenvalue weighted by molar-refractivity contribution is -0.113. The first-order valence-corrected chi connectivity index (χ1v) is 8.89. The molecule has 130 valence electrons. The third kappa shape index (κ3) is 3.18. The number of rotatable bonds is 5. The number of hydrogen-bond donors (Lipinski definition) is 1. The van der Waals surface area contributed by atoms with Crippen LogP contribution in [0.3, 0.4) is 0 Å². The number of carbonyl (C=O) groups is 1. The van der Waals surface area contributed by atoms with Crippen molar-refractivity contribution in [2.75, 3.05) is 18.2 Å². The van der Waals surface area contributed by atoms with Gasteiger partial charge in [0, 0.05) is 5.39 Å². The summed E-state index contributed by atoms with van der Waals surface area (Å²) in [7, 11) is 1.57. The van der Waals surface area contributed by atoms with Gasteiger partial charge in [0.25, 0.3) is 0 Å². The zero-order valence-electron chi connectivity index (χ0n) is 13.9. The third-order valence-corrected chi connectivity index (χ3v) is 4.61. The molecule has 0 aliphatic carbocycles. The lowest BCUT2D eigenvalue weighted by Gasteiger charge is -2.08. The SMILES string of the molecule is COc1ccccc1NC(=O)CSc1nc2c3ccccc3ncn2n1. The molecule has 1 N–H and O–H groups in total. The first kappa shape index (κ1) is 16.3. The van der Waals surface area contributed by atoms with E-state index in [0.29, 0.717) is 16.6 Å². The minimum atomic E-state index is -0.152. The number of para-hydroxylation sites is 3. The predicted octanol–water partition coefficient (Wildman–Crippen LogP) is 3.02. The second-order valence-corrected chi connectivity index (χ2v) is 6.40. The summed E-state index contributed by atoms with van der Waals surface area (Å²) in [5, 5.41) is 8.66. The number of aromatic nitrogens is 4. The molecule has 0 aliphatic rings. The fourth-order valence-corrected chi connectivity index (χ4v) is 3.21. The van der Waals surface area contributed by atoms with Gasteiger partial charge in [0.1, 0.15) is 12.1 Å². The van der Waals surface area contributed by atoms with Crippen molar-refractivity contribution in [3.05, 3.63) is 54.9 Å². The zero-order valence-corrected chi connectivity index (χ0v) is 14.7. The van der Waals surface area contributed by atoms with Crippen LogP contribution in [0.1, 0.15) is 0 Å². The molecule has 0 atom stereocenters. The molecule has 2 aromatic heterocycles. The van der Waals surface area contributed by atoms with E-state index in [-0.39, 0.29) is 11.7 Å². The number of amides is 1. The molecule has 0 bridgehead atoms. The second kappa shape index (κ2) is 7.01. The third-order valence-electron chi connectivity index (χ3n) is 3.78. The van der Waals surface area contributed by atoms with Gasteiger partial charge in [0.2, 0.25) is 11.1 Å². The quantitative estimate of drug-likeness (QED) is 0.548. The number of anilines is 1.